The number of rotatable bonds is 5. The summed E-state index contributed by atoms with van der Waals surface area (Å²) in [6, 6.07) is 0.549. The van der Waals surface area contributed by atoms with Crippen LogP contribution in [0.1, 0.15) is 39.0 Å². The third-order valence-corrected chi connectivity index (χ3v) is 4.51. The Morgan fingerprint density at radius 1 is 1.35 bits per heavy atom. The molecule has 0 aromatic carbocycles. The molecule has 1 aliphatic carbocycles. The van der Waals surface area contributed by atoms with Crippen molar-refractivity contribution < 1.29 is 4.74 Å². The Kier molecular flexibility index (Phi) is 5.26. The van der Waals surface area contributed by atoms with Crippen molar-refractivity contribution in [2.45, 2.75) is 51.2 Å². The minimum Gasteiger partial charge on any atom is -0.374 e. The quantitative estimate of drug-likeness (QED) is 0.794. The van der Waals surface area contributed by atoms with Gasteiger partial charge in [-0.25, -0.2) is 0 Å². The number of nitrogens with one attached hydrogen (secondary N) is 1. The summed E-state index contributed by atoms with van der Waals surface area (Å²) in [4.78, 5) is 2.51. The second-order valence-electron chi connectivity index (χ2n) is 5.58. The first-order chi connectivity index (χ1) is 8.33. The Morgan fingerprint density at radius 2 is 2.12 bits per heavy atom. The van der Waals surface area contributed by atoms with Gasteiger partial charge in [-0.15, -0.1) is 0 Å². The van der Waals surface area contributed by atoms with Crippen molar-refractivity contribution in [2.24, 2.45) is 5.92 Å². The van der Waals surface area contributed by atoms with E-state index in [1.54, 1.807) is 0 Å². The Balaban J connectivity index is 1.83. The van der Waals surface area contributed by atoms with Crippen LogP contribution < -0.4 is 5.32 Å². The van der Waals surface area contributed by atoms with E-state index in [0.29, 0.717) is 12.1 Å². The molecule has 1 heterocycles. The molecule has 0 aromatic heterocycles. The van der Waals surface area contributed by atoms with E-state index in [4.69, 9.17) is 4.74 Å². The smallest absolute Gasteiger partial charge is 0.0855 e. The second kappa shape index (κ2) is 6.72. The van der Waals surface area contributed by atoms with E-state index in [1.807, 2.05) is 0 Å². The summed E-state index contributed by atoms with van der Waals surface area (Å²) in [5.74, 6) is 0.938. The van der Waals surface area contributed by atoms with E-state index in [9.17, 15) is 0 Å². The van der Waals surface area contributed by atoms with Crippen molar-refractivity contribution in [3.8, 4) is 0 Å². The maximum Gasteiger partial charge on any atom is 0.0855 e. The molecular weight excluding hydrogens is 212 g/mol. The third-order valence-electron chi connectivity index (χ3n) is 4.51. The standard InChI is InChI=1S/C14H28N2O/c1-3-16-8-9-17-14(11-16)13(15-2)10-12-6-4-5-7-12/h12-15H,3-11H2,1-2H3. The third kappa shape index (κ3) is 3.67. The minimum atomic E-state index is 0.397. The van der Waals surface area contributed by atoms with Gasteiger partial charge in [0.05, 0.1) is 12.7 Å². The average Bonchev–Trinajstić information content (AvgIpc) is 2.89. The van der Waals surface area contributed by atoms with Gasteiger partial charge in [0, 0.05) is 19.1 Å². The van der Waals surface area contributed by atoms with Gasteiger partial charge in [0.1, 0.15) is 0 Å². The van der Waals surface area contributed by atoms with Crippen LogP contribution >= 0.6 is 0 Å². The zero-order valence-corrected chi connectivity index (χ0v) is 11.5. The van der Waals surface area contributed by atoms with Gasteiger partial charge in [0.15, 0.2) is 0 Å². The first-order valence-electron chi connectivity index (χ1n) is 7.34. The number of morpholine rings is 1. The van der Waals surface area contributed by atoms with Gasteiger partial charge in [-0.2, -0.15) is 0 Å². The minimum absolute atomic E-state index is 0.397. The molecule has 2 fully saturated rings. The topological polar surface area (TPSA) is 24.5 Å². The van der Waals surface area contributed by atoms with Crippen molar-refractivity contribution >= 4 is 0 Å². The first kappa shape index (κ1) is 13.3. The lowest BCUT2D eigenvalue weighted by molar-refractivity contribution is -0.0472. The SMILES string of the molecule is CCN1CCOC(C(CC2CCCC2)NC)C1. The first-order valence-corrected chi connectivity index (χ1v) is 7.34. The van der Waals surface area contributed by atoms with Crippen molar-refractivity contribution in [2.75, 3.05) is 33.3 Å². The number of hydrogen-bond donors (Lipinski definition) is 1. The van der Waals surface area contributed by atoms with Crippen molar-refractivity contribution in [1.82, 2.24) is 10.2 Å². The van der Waals surface area contributed by atoms with Gasteiger partial charge in [-0.3, -0.25) is 4.90 Å². The molecule has 3 nitrogen and oxygen atoms in total. The number of ether oxygens (including phenoxy) is 1. The Bertz CT molecular complexity index is 216. The zero-order valence-electron chi connectivity index (χ0n) is 11.5. The van der Waals surface area contributed by atoms with E-state index in [-0.39, 0.29) is 0 Å². The molecule has 0 amide bonds. The van der Waals surface area contributed by atoms with Gasteiger partial charge in [-0.05, 0) is 25.9 Å². The number of hydrogen-bond acceptors (Lipinski definition) is 3. The molecule has 2 aliphatic rings. The fourth-order valence-corrected chi connectivity index (χ4v) is 3.32. The highest BCUT2D eigenvalue weighted by Crippen LogP contribution is 2.29. The van der Waals surface area contributed by atoms with E-state index < -0.39 is 0 Å². The molecule has 1 N–H and O–H groups in total. The van der Waals surface area contributed by atoms with Crippen LogP contribution in [0.25, 0.3) is 0 Å². The van der Waals surface area contributed by atoms with Gasteiger partial charge in [0.2, 0.25) is 0 Å². The van der Waals surface area contributed by atoms with Gasteiger partial charge < -0.3 is 10.1 Å². The van der Waals surface area contributed by atoms with E-state index in [1.165, 1.54) is 32.1 Å². The molecule has 0 radical (unpaired) electrons. The summed E-state index contributed by atoms with van der Waals surface area (Å²) in [7, 11) is 2.09. The Labute approximate surface area is 106 Å². The normalized spacial score (nSPS) is 29.6. The summed E-state index contributed by atoms with van der Waals surface area (Å²) in [6.07, 6.45) is 7.44. The molecule has 1 saturated carbocycles. The molecule has 100 valence electrons. The van der Waals surface area contributed by atoms with E-state index in [2.05, 4.69) is 24.2 Å². The summed E-state index contributed by atoms with van der Waals surface area (Å²) < 4.78 is 5.97. The highest BCUT2D eigenvalue weighted by atomic mass is 16.5. The molecule has 1 aliphatic heterocycles. The maximum absolute atomic E-state index is 5.97. The summed E-state index contributed by atoms with van der Waals surface area (Å²) in [5.41, 5.74) is 0. The van der Waals surface area contributed by atoms with E-state index >= 15 is 0 Å². The van der Waals surface area contributed by atoms with Crippen LogP contribution in [0.4, 0.5) is 0 Å². The van der Waals surface area contributed by atoms with Crippen molar-refractivity contribution in [3.63, 3.8) is 0 Å². The average molecular weight is 240 g/mol. The maximum atomic E-state index is 5.97. The number of likely N-dealkylation sites (N-methyl/N-ethyl adjacent to an activating group) is 2. The fraction of sp³-hybridized carbons (Fsp3) is 1.00. The summed E-state index contributed by atoms with van der Waals surface area (Å²) in [5, 5.41) is 3.49. The summed E-state index contributed by atoms with van der Waals surface area (Å²) >= 11 is 0. The molecule has 1 saturated heterocycles. The van der Waals surface area contributed by atoms with Crippen molar-refractivity contribution in [1.29, 1.82) is 0 Å². The molecule has 0 bridgehead atoms. The fourth-order valence-electron chi connectivity index (χ4n) is 3.32. The second-order valence-corrected chi connectivity index (χ2v) is 5.58. The molecular formula is C14H28N2O. The number of nitrogens with zero attached hydrogens (tertiary/aromatic N) is 1. The van der Waals surface area contributed by atoms with Gasteiger partial charge >= 0.3 is 0 Å². The molecule has 0 aromatic rings. The van der Waals surface area contributed by atoms with E-state index in [0.717, 1.165) is 32.2 Å². The van der Waals surface area contributed by atoms with Crippen LogP contribution in [-0.4, -0.2) is 50.3 Å². The molecule has 2 unspecified atom stereocenters. The Hall–Kier alpha value is -0.120. The molecule has 0 spiro atoms. The van der Waals surface area contributed by atoms with Crippen LogP contribution in [0.15, 0.2) is 0 Å². The summed E-state index contributed by atoms with van der Waals surface area (Å²) in [6.45, 7) is 6.51. The highest BCUT2D eigenvalue weighted by Gasteiger charge is 2.29. The lowest BCUT2D eigenvalue weighted by Gasteiger charge is -2.37. The largest absolute Gasteiger partial charge is 0.374 e. The highest BCUT2D eigenvalue weighted by molar-refractivity contribution is 4.85. The van der Waals surface area contributed by atoms with Crippen LogP contribution in [-0.2, 0) is 4.74 Å². The zero-order chi connectivity index (χ0) is 12.1. The van der Waals surface area contributed by atoms with Crippen LogP contribution in [0.5, 0.6) is 0 Å². The van der Waals surface area contributed by atoms with Gasteiger partial charge in [0.25, 0.3) is 0 Å². The lowest BCUT2D eigenvalue weighted by Crippen LogP contribution is -2.51. The van der Waals surface area contributed by atoms with Crippen molar-refractivity contribution in [3.05, 3.63) is 0 Å². The monoisotopic (exact) mass is 240 g/mol. The molecule has 17 heavy (non-hydrogen) atoms. The molecule has 3 heteroatoms. The molecule has 2 rings (SSSR count). The molecule has 2 atom stereocenters. The van der Waals surface area contributed by atoms with Crippen LogP contribution in [0.3, 0.4) is 0 Å². The van der Waals surface area contributed by atoms with Crippen LogP contribution in [0.2, 0.25) is 0 Å². The predicted molar refractivity (Wildman–Crippen MR) is 71.3 cm³/mol. The van der Waals surface area contributed by atoms with Gasteiger partial charge in [-0.1, -0.05) is 32.6 Å². The predicted octanol–water partition coefficient (Wildman–Crippen LogP) is 1.88. The lowest BCUT2D eigenvalue weighted by atomic mass is 9.94. The van der Waals surface area contributed by atoms with Crippen LogP contribution in [0, 0.1) is 5.92 Å². The Morgan fingerprint density at radius 3 is 2.76 bits per heavy atom.